The van der Waals surface area contributed by atoms with Gasteiger partial charge in [0.25, 0.3) is 0 Å². The quantitative estimate of drug-likeness (QED) is 0.534. The minimum Gasteiger partial charge on any atom is -0.463 e. The Labute approximate surface area is 84.4 Å². The molecule has 76 valence electrons. The predicted octanol–water partition coefficient (Wildman–Crippen LogP) is 2.21. The standard InChI is InChI=1S/C6H10O2.C5H5N/c1-4-8-6(7)5(2)3;1-2-4-6-5-3-1/h2,4H2,1,3H3;1-5H. The summed E-state index contributed by atoms with van der Waals surface area (Å²) in [7, 11) is 0. The van der Waals surface area contributed by atoms with E-state index in [-0.39, 0.29) is 5.97 Å². The Morgan fingerprint density at radius 3 is 2.07 bits per heavy atom. The number of hydrogen-bond donors (Lipinski definition) is 0. The lowest BCUT2D eigenvalue weighted by Crippen LogP contribution is -2.03. The second-order valence-electron chi connectivity index (χ2n) is 2.53. The van der Waals surface area contributed by atoms with Crippen molar-refractivity contribution in [2.75, 3.05) is 6.61 Å². The van der Waals surface area contributed by atoms with Crippen LogP contribution in [-0.2, 0) is 9.53 Å². The summed E-state index contributed by atoms with van der Waals surface area (Å²) in [6.45, 7) is 7.21. The van der Waals surface area contributed by atoms with Crippen molar-refractivity contribution < 1.29 is 9.53 Å². The molecule has 0 aliphatic rings. The van der Waals surface area contributed by atoms with Gasteiger partial charge >= 0.3 is 5.97 Å². The predicted molar refractivity (Wildman–Crippen MR) is 55.7 cm³/mol. The van der Waals surface area contributed by atoms with Crippen LogP contribution in [-0.4, -0.2) is 17.6 Å². The number of carbonyl (C=O) groups is 1. The molecule has 14 heavy (non-hydrogen) atoms. The third-order valence-electron chi connectivity index (χ3n) is 1.19. The van der Waals surface area contributed by atoms with Gasteiger partial charge < -0.3 is 4.74 Å². The maximum atomic E-state index is 10.4. The summed E-state index contributed by atoms with van der Waals surface area (Å²) >= 11 is 0. The number of carbonyl (C=O) groups excluding carboxylic acids is 1. The SMILES string of the molecule is C=C(C)C(=O)OCC.c1ccncc1. The van der Waals surface area contributed by atoms with Gasteiger partial charge in [-0.1, -0.05) is 12.6 Å². The van der Waals surface area contributed by atoms with E-state index in [4.69, 9.17) is 0 Å². The van der Waals surface area contributed by atoms with Gasteiger partial charge in [-0.3, -0.25) is 4.98 Å². The van der Waals surface area contributed by atoms with Gasteiger partial charge in [0, 0.05) is 18.0 Å². The molecule has 1 rings (SSSR count). The third kappa shape index (κ3) is 7.03. The first-order chi connectivity index (χ1) is 6.68. The average Bonchev–Trinajstić information content (AvgIpc) is 2.21. The molecule has 0 atom stereocenters. The second kappa shape index (κ2) is 7.98. The largest absolute Gasteiger partial charge is 0.463 e. The van der Waals surface area contributed by atoms with Crippen LogP contribution in [0.3, 0.4) is 0 Å². The first-order valence-electron chi connectivity index (χ1n) is 4.36. The number of pyridine rings is 1. The van der Waals surface area contributed by atoms with Gasteiger partial charge in [-0.05, 0) is 26.0 Å². The highest BCUT2D eigenvalue weighted by Gasteiger charge is 1.98. The molecule has 0 unspecified atom stereocenters. The molecule has 0 N–H and O–H groups in total. The lowest BCUT2D eigenvalue weighted by Gasteiger charge is -1.96. The summed E-state index contributed by atoms with van der Waals surface area (Å²) in [4.78, 5) is 14.2. The number of nitrogens with zero attached hydrogens (tertiary/aromatic N) is 1. The fraction of sp³-hybridized carbons (Fsp3) is 0.273. The molecule has 1 aromatic heterocycles. The molecule has 0 radical (unpaired) electrons. The first kappa shape index (κ1) is 12.4. The molecule has 3 heteroatoms. The number of esters is 1. The molecule has 0 aliphatic carbocycles. The van der Waals surface area contributed by atoms with Crippen LogP contribution in [0.25, 0.3) is 0 Å². The van der Waals surface area contributed by atoms with E-state index < -0.39 is 0 Å². The van der Waals surface area contributed by atoms with E-state index in [2.05, 4.69) is 16.3 Å². The summed E-state index contributed by atoms with van der Waals surface area (Å²) < 4.78 is 4.56. The Hall–Kier alpha value is -1.64. The summed E-state index contributed by atoms with van der Waals surface area (Å²) in [6, 6.07) is 5.72. The Morgan fingerprint density at radius 1 is 1.36 bits per heavy atom. The molecule has 0 amide bonds. The molecular formula is C11H15NO2. The van der Waals surface area contributed by atoms with Crippen molar-refractivity contribution in [3.05, 3.63) is 42.7 Å². The molecule has 0 bridgehead atoms. The molecule has 1 aromatic rings. The summed E-state index contributed by atoms with van der Waals surface area (Å²) in [6.07, 6.45) is 3.50. The van der Waals surface area contributed by atoms with E-state index in [0.29, 0.717) is 12.2 Å². The fourth-order valence-corrected chi connectivity index (χ4v) is 0.567. The van der Waals surface area contributed by atoms with Crippen molar-refractivity contribution in [3.63, 3.8) is 0 Å². The maximum absolute atomic E-state index is 10.4. The van der Waals surface area contributed by atoms with Gasteiger partial charge in [0.15, 0.2) is 0 Å². The molecule has 3 nitrogen and oxygen atoms in total. The summed E-state index contributed by atoms with van der Waals surface area (Å²) in [5.74, 6) is -0.312. The Kier molecular flexibility index (Phi) is 7.05. The normalized spacial score (nSPS) is 8.14. The van der Waals surface area contributed by atoms with E-state index in [0.717, 1.165) is 0 Å². The molecule has 1 heterocycles. The smallest absolute Gasteiger partial charge is 0.333 e. The minimum atomic E-state index is -0.312. The summed E-state index contributed by atoms with van der Waals surface area (Å²) in [5.41, 5.74) is 0.451. The molecule has 0 fully saturated rings. The van der Waals surface area contributed by atoms with Crippen molar-refractivity contribution in [2.24, 2.45) is 0 Å². The number of rotatable bonds is 2. The number of aromatic nitrogens is 1. The van der Waals surface area contributed by atoms with Crippen LogP contribution < -0.4 is 0 Å². The van der Waals surface area contributed by atoms with Crippen molar-refractivity contribution in [1.29, 1.82) is 0 Å². The summed E-state index contributed by atoms with van der Waals surface area (Å²) in [5, 5.41) is 0. The van der Waals surface area contributed by atoms with Crippen molar-refractivity contribution in [2.45, 2.75) is 13.8 Å². The van der Waals surface area contributed by atoms with Gasteiger partial charge in [-0.25, -0.2) is 4.79 Å². The van der Waals surface area contributed by atoms with Crippen LogP contribution in [0.4, 0.5) is 0 Å². The number of hydrogen-bond acceptors (Lipinski definition) is 3. The maximum Gasteiger partial charge on any atom is 0.333 e. The zero-order valence-corrected chi connectivity index (χ0v) is 8.56. The van der Waals surface area contributed by atoms with Crippen LogP contribution >= 0.6 is 0 Å². The van der Waals surface area contributed by atoms with Gasteiger partial charge in [0.05, 0.1) is 6.61 Å². The minimum absolute atomic E-state index is 0.312. The van der Waals surface area contributed by atoms with Crippen LogP contribution in [0.2, 0.25) is 0 Å². The van der Waals surface area contributed by atoms with Crippen LogP contribution in [0.5, 0.6) is 0 Å². The Bertz CT molecular complexity index is 243. The lowest BCUT2D eigenvalue weighted by atomic mass is 10.4. The van der Waals surface area contributed by atoms with E-state index >= 15 is 0 Å². The zero-order chi connectivity index (χ0) is 10.8. The van der Waals surface area contributed by atoms with Crippen molar-refractivity contribution >= 4 is 5.97 Å². The zero-order valence-electron chi connectivity index (χ0n) is 8.56. The highest BCUT2D eigenvalue weighted by atomic mass is 16.5. The molecule has 0 aliphatic heterocycles. The molecule has 0 saturated heterocycles. The highest BCUT2D eigenvalue weighted by Crippen LogP contribution is 1.89. The van der Waals surface area contributed by atoms with Gasteiger partial charge in [-0.2, -0.15) is 0 Å². The molecule has 0 aromatic carbocycles. The van der Waals surface area contributed by atoms with Crippen molar-refractivity contribution in [1.82, 2.24) is 4.98 Å². The lowest BCUT2D eigenvalue weighted by molar-refractivity contribution is -0.138. The monoisotopic (exact) mass is 193 g/mol. The molecule has 0 saturated carbocycles. The molecule has 0 spiro atoms. The van der Waals surface area contributed by atoms with Gasteiger partial charge in [0.2, 0.25) is 0 Å². The molecular weight excluding hydrogens is 178 g/mol. The van der Waals surface area contributed by atoms with E-state index in [1.165, 1.54) is 0 Å². The van der Waals surface area contributed by atoms with Crippen LogP contribution in [0, 0.1) is 0 Å². The van der Waals surface area contributed by atoms with Gasteiger partial charge in [0.1, 0.15) is 0 Å². The second-order valence-corrected chi connectivity index (χ2v) is 2.53. The topological polar surface area (TPSA) is 39.2 Å². The number of ether oxygens (including phenoxy) is 1. The van der Waals surface area contributed by atoms with E-state index in [9.17, 15) is 4.79 Å². The van der Waals surface area contributed by atoms with Crippen molar-refractivity contribution in [3.8, 4) is 0 Å². The Balaban J connectivity index is 0.000000249. The van der Waals surface area contributed by atoms with Gasteiger partial charge in [-0.15, -0.1) is 0 Å². The Morgan fingerprint density at radius 2 is 1.93 bits per heavy atom. The highest BCUT2D eigenvalue weighted by molar-refractivity contribution is 5.86. The van der Waals surface area contributed by atoms with Crippen LogP contribution in [0.1, 0.15) is 13.8 Å². The van der Waals surface area contributed by atoms with Crippen LogP contribution in [0.15, 0.2) is 42.7 Å². The fourth-order valence-electron chi connectivity index (χ4n) is 0.567. The van der Waals surface area contributed by atoms with E-state index in [1.807, 2.05) is 18.2 Å². The average molecular weight is 193 g/mol. The third-order valence-corrected chi connectivity index (χ3v) is 1.19. The van der Waals surface area contributed by atoms with E-state index in [1.54, 1.807) is 26.2 Å². The first-order valence-corrected chi connectivity index (χ1v) is 4.36.